The van der Waals surface area contributed by atoms with E-state index >= 15 is 0 Å². The number of nitrogens with two attached hydrogens (primary N) is 1. The van der Waals surface area contributed by atoms with Crippen LogP contribution in [0.5, 0.6) is 0 Å². The van der Waals surface area contributed by atoms with Gasteiger partial charge in [0.05, 0.1) is 6.54 Å². The van der Waals surface area contributed by atoms with Gasteiger partial charge in [-0.1, -0.05) is 18.2 Å². The van der Waals surface area contributed by atoms with Crippen molar-refractivity contribution >= 4 is 5.91 Å². The Kier molecular flexibility index (Phi) is 4.87. The first-order valence-electron chi connectivity index (χ1n) is 6.63. The Morgan fingerprint density at radius 3 is 3.00 bits per heavy atom. The molecule has 0 unspecified atom stereocenters. The first-order valence-corrected chi connectivity index (χ1v) is 6.63. The van der Waals surface area contributed by atoms with Crippen molar-refractivity contribution in [1.82, 2.24) is 10.2 Å². The SMILES string of the molecule is N[C@@H]1CCCN(CC(=O)NCc2ccccc2F)C1. The number of benzene rings is 1. The average molecular weight is 265 g/mol. The number of carbonyl (C=O) groups is 1. The number of hydrogen-bond donors (Lipinski definition) is 2. The van der Waals surface area contributed by atoms with Gasteiger partial charge in [0, 0.05) is 24.7 Å². The maximum atomic E-state index is 13.4. The van der Waals surface area contributed by atoms with E-state index in [0.29, 0.717) is 12.1 Å². The fourth-order valence-corrected chi connectivity index (χ4v) is 2.33. The predicted molar refractivity (Wildman–Crippen MR) is 71.9 cm³/mol. The summed E-state index contributed by atoms with van der Waals surface area (Å²) in [5, 5.41) is 2.74. The zero-order chi connectivity index (χ0) is 13.7. The molecular formula is C14H20FN3O. The molecule has 2 rings (SSSR count). The topological polar surface area (TPSA) is 58.4 Å². The van der Waals surface area contributed by atoms with Crippen LogP contribution in [0.2, 0.25) is 0 Å². The second-order valence-electron chi connectivity index (χ2n) is 5.01. The number of halogens is 1. The fourth-order valence-electron chi connectivity index (χ4n) is 2.33. The molecule has 3 N–H and O–H groups in total. The van der Waals surface area contributed by atoms with E-state index in [1.54, 1.807) is 18.2 Å². The standard InChI is InChI=1S/C14H20FN3O/c15-13-6-2-1-4-11(13)8-17-14(19)10-18-7-3-5-12(16)9-18/h1-2,4,6,12H,3,5,7-10,16H2,(H,17,19)/t12-/m1/s1. The molecule has 1 heterocycles. The minimum absolute atomic E-state index is 0.0858. The molecule has 1 amide bonds. The Bertz CT molecular complexity index is 438. The van der Waals surface area contributed by atoms with Crippen LogP contribution in [0.1, 0.15) is 18.4 Å². The first kappa shape index (κ1) is 14.0. The molecule has 104 valence electrons. The number of amides is 1. The second kappa shape index (κ2) is 6.63. The van der Waals surface area contributed by atoms with Gasteiger partial charge < -0.3 is 11.1 Å². The van der Waals surface area contributed by atoms with Crippen molar-refractivity contribution in [3.8, 4) is 0 Å². The monoisotopic (exact) mass is 265 g/mol. The molecule has 0 aromatic heterocycles. The van der Waals surface area contributed by atoms with Gasteiger partial charge in [0.2, 0.25) is 5.91 Å². The number of piperidine rings is 1. The Morgan fingerprint density at radius 2 is 2.26 bits per heavy atom. The molecule has 1 aliphatic heterocycles. The number of likely N-dealkylation sites (tertiary alicyclic amines) is 1. The maximum Gasteiger partial charge on any atom is 0.234 e. The number of rotatable bonds is 4. The molecule has 1 aliphatic rings. The number of nitrogens with zero attached hydrogens (tertiary/aromatic N) is 1. The molecule has 0 aliphatic carbocycles. The normalized spacial score (nSPS) is 20.2. The Morgan fingerprint density at radius 1 is 1.47 bits per heavy atom. The molecule has 1 atom stereocenters. The minimum atomic E-state index is -0.289. The lowest BCUT2D eigenvalue weighted by Crippen LogP contribution is -2.46. The predicted octanol–water partition coefficient (Wildman–Crippen LogP) is 0.865. The van der Waals surface area contributed by atoms with E-state index in [2.05, 4.69) is 5.32 Å². The molecule has 0 saturated carbocycles. The summed E-state index contributed by atoms with van der Waals surface area (Å²) in [6.45, 7) is 2.22. The Labute approximate surface area is 112 Å². The molecule has 5 heteroatoms. The molecular weight excluding hydrogens is 245 g/mol. The van der Waals surface area contributed by atoms with E-state index in [0.717, 1.165) is 25.9 Å². The van der Waals surface area contributed by atoms with Crippen LogP contribution >= 0.6 is 0 Å². The van der Waals surface area contributed by atoms with Crippen molar-refractivity contribution in [3.63, 3.8) is 0 Å². The van der Waals surface area contributed by atoms with Gasteiger partial charge in [-0.15, -0.1) is 0 Å². The Balaban J connectivity index is 1.77. The molecule has 0 radical (unpaired) electrons. The average Bonchev–Trinajstić information content (AvgIpc) is 2.38. The minimum Gasteiger partial charge on any atom is -0.351 e. The number of nitrogens with one attached hydrogen (secondary N) is 1. The van der Waals surface area contributed by atoms with E-state index in [4.69, 9.17) is 5.73 Å². The Hall–Kier alpha value is -1.46. The van der Waals surface area contributed by atoms with E-state index in [1.807, 2.05) is 4.90 Å². The third-order valence-electron chi connectivity index (χ3n) is 3.34. The van der Waals surface area contributed by atoms with Crippen LogP contribution in [0.3, 0.4) is 0 Å². The van der Waals surface area contributed by atoms with Crippen molar-refractivity contribution in [2.45, 2.75) is 25.4 Å². The lowest BCUT2D eigenvalue weighted by atomic mass is 10.1. The summed E-state index contributed by atoms with van der Waals surface area (Å²) in [5.41, 5.74) is 6.37. The number of carbonyl (C=O) groups excluding carboxylic acids is 1. The van der Waals surface area contributed by atoms with Gasteiger partial charge >= 0.3 is 0 Å². The van der Waals surface area contributed by atoms with Crippen LogP contribution in [0.15, 0.2) is 24.3 Å². The molecule has 1 aromatic carbocycles. The van der Waals surface area contributed by atoms with Gasteiger partial charge in [-0.3, -0.25) is 9.69 Å². The van der Waals surface area contributed by atoms with Gasteiger partial charge in [0.15, 0.2) is 0 Å². The van der Waals surface area contributed by atoms with E-state index in [-0.39, 0.29) is 24.3 Å². The lowest BCUT2D eigenvalue weighted by Gasteiger charge is -2.29. The quantitative estimate of drug-likeness (QED) is 0.849. The van der Waals surface area contributed by atoms with Gasteiger partial charge in [0.25, 0.3) is 0 Å². The van der Waals surface area contributed by atoms with Crippen LogP contribution in [0, 0.1) is 5.82 Å². The van der Waals surface area contributed by atoms with Crippen molar-refractivity contribution in [3.05, 3.63) is 35.6 Å². The highest BCUT2D eigenvalue weighted by Gasteiger charge is 2.18. The third-order valence-corrected chi connectivity index (χ3v) is 3.34. The molecule has 1 aromatic rings. The summed E-state index contributed by atoms with van der Waals surface area (Å²) < 4.78 is 13.4. The van der Waals surface area contributed by atoms with Crippen molar-refractivity contribution < 1.29 is 9.18 Å². The van der Waals surface area contributed by atoms with Gasteiger partial charge in [-0.05, 0) is 25.5 Å². The van der Waals surface area contributed by atoms with E-state index < -0.39 is 0 Å². The van der Waals surface area contributed by atoms with E-state index in [1.165, 1.54) is 6.07 Å². The lowest BCUT2D eigenvalue weighted by molar-refractivity contribution is -0.122. The molecule has 0 spiro atoms. The highest BCUT2D eigenvalue weighted by atomic mass is 19.1. The highest BCUT2D eigenvalue weighted by Crippen LogP contribution is 2.08. The molecule has 19 heavy (non-hydrogen) atoms. The smallest absolute Gasteiger partial charge is 0.234 e. The zero-order valence-electron chi connectivity index (χ0n) is 10.9. The van der Waals surface area contributed by atoms with E-state index in [9.17, 15) is 9.18 Å². The van der Waals surface area contributed by atoms with Crippen LogP contribution < -0.4 is 11.1 Å². The molecule has 1 fully saturated rings. The second-order valence-corrected chi connectivity index (χ2v) is 5.01. The molecule has 0 bridgehead atoms. The van der Waals surface area contributed by atoms with Crippen LogP contribution in [0.25, 0.3) is 0 Å². The van der Waals surface area contributed by atoms with Gasteiger partial charge in [-0.25, -0.2) is 4.39 Å². The summed E-state index contributed by atoms with van der Waals surface area (Å²) in [6, 6.07) is 6.62. The van der Waals surface area contributed by atoms with Crippen molar-refractivity contribution in [2.75, 3.05) is 19.6 Å². The largest absolute Gasteiger partial charge is 0.351 e. The maximum absolute atomic E-state index is 13.4. The van der Waals surface area contributed by atoms with Gasteiger partial charge in [-0.2, -0.15) is 0 Å². The highest BCUT2D eigenvalue weighted by molar-refractivity contribution is 5.78. The summed E-state index contributed by atoms with van der Waals surface area (Å²) >= 11 is 0. The van der Waals surface area contributed by atoms with Crippen LogP contribution in [0.4, 0.5) is 4.39 Å². The fraction of sp³-hybridized carbons (Fsp3) is 0.500. The van der Waals surface area contributed by atoms with Crippen molar-refractivity contribution in [2.24, 2.45) is 5.73 Å². The summed E-state index contributed by atoms with van der Waals surface area (Å²) in [6.07, 6.45) is 2.05. The molecule has 4 nitrogen and oxygen atoms in total. The van der Waals surface area contributed by atoms with Crippen LogP contribution in [-0.4, -0.2) is 36.5 Å². The summed E-state index contributed by atoms with van der Waals surface area (Å²) in [7, 11) is 0. The number of hydrogen-bond acceptors (Lipinski definition) is 3. The zero-order valence-corrected chi connectivity index (χ0v) is 10.9. The molecule has 1 saturated heterocycles. The van der Waals surface area contributed by atoms with Crippen molar-refractivity contribution in [1.29, 1.82) is 0 Å². The first-order chi connectivity index (χ1) is 9.15. The summed E-state index contributed by atoms with van der Waals surface area (Å²) in [4.78, 5) is 13.8. The summed E-state index contributed by atoms with van der Waals surface area (Å²) in [5.74, 6) is -0.375. The van der Waals surface area contributed by atoms with Crippen LogP contribution in [-0.2, 0) is 11.3 Å². The van der Waals surface area contributed by atoms with Gasteiger partial charge in [0.1, 0.15) is 5.82 Å². The third kappa shape index (κ3) is 4.29.